The van der Waals surface area contributed by atoms with Gasteiger partial charge in [-0.05, 0) is 19.8 Å². The Hall–Kier alpha value is -1.10. The van der Waals surface area contributed by atoms with Gasteiger partial charge in [-0.15, -0.1) is 0 Å². The molecule has 0 aromatic heterocycles. The minimum absolute atomic E-state index is 0.0419. The number of nitrogens with zero attached hydrogens (tertiary/aromatic N) is 1. The van der Waals surface area contributed by atoms with Gasteiger partial charge in [0.15, 0.2) is 0 Å². The third-order valence-corrected chi connectivity index (χ3v) is 4.99. The maximum Gasteiger partial charge on any atom is 0.246 e. The summed E-state index contributed by atoms with van der Waals surface area (Å²) in [7, 11) is 1.71. The number of carbonyl (C=O) groups excluding carboxylic acids is 2. The molecular weight excluding hydrogens is 256 g/mol. The monoisotopic (exact) mass is 282 g/mol. The SMILES string of the molecule is CCCC1NC(=O)C(C)N(C2CC(OC)C2(C)C)C1=O. The number of amides is 2. The van der Waals surface area contributed by atoms with E-state index >= 15 is 0 Å². The molecule has 5 nitrogen and oxygen atoms in total. The Morgan fingerprint density at radius 3 is 2.55 bits per heavy atom. The Bertz CT molecular complexity index is 408. The predicted molar refractivity (Wildman–Crippen MR) is 76.1 cm³/mol. The second-order valence-electron chi connectivity index (χ2n) is 6.57. The number of nitrogens with one attached hydrogen (secondary N) is 1. The van der Waals surface area contributed by atoms with Crippen LogP contribution < -0.4 is 5.32 Å². The van der Waals surface area contributed by atoms with Crippen molar-refractivity contribution >= 4 is 11.8 Å². The van der Waals surface area contributed by atoms with E-state index in [9.17, 15) is 9.59 Å². The van der Waals surface area contributed by atoms with Crippen molar-refractivity contribution in [3.63, 3.8) is 0 Å². The molecule has 2 rings (SSSR count). The van der Waals surface area contributed by atoms with Crippen molar-refractivity contribution < 1.29 is 14.3 Å². The summed E-state index contributed by atoms with van der Waals surface area (Å²) in [5.74, 6) is 0.0197. The molecule has 1 aliphatic carbocycles. The first-order chi connectivity index (χ1) is 9.34. The highest BCUT2D eigenvalue weighted by atomic mass is 16.5. The fraction of sp³-hybridized carbons (Fsp3) is 0.867. The van der Waals surface area contributed by atoms with Crippen LogP contribution in [0.1, 0.15) is 47.0 Å². The fourth-order valence-corrected chi connectivity index (χ4v) is 3.50. The van der Waals surface area contributed by atoms with E-state index in [0.29, 0.717) is 6.42 Å². The second kappa shape index (κ2) is 5.35. The molecule has 20 heavy (non-hydrogen) atoms. The molecule has 0 bridgehead atoms. The van der Waals surface area contributed by atoms with Crippen molar-refractivity contribution in [2.24, 2.45) is 5.41 Å². The molecule has 4 unspecified atom stereocenters. The first-order valence-corrected chi connectivity index (χ1v) is 7.49. The van der Waals surface area contributed by atoms with Gasteiger partial charge in [-0.2, -0.15) is 0 Å². The summed E-state index contributed by atoms with van der Waals surface area (Å²) >= 11 is 0. The first-order valence-electron chi connectivity index (χ1n) is 7.49. The summed E-state index contributed by atoms with van der Waals surface area (Å²) < 4.78 is 5.46. The number of piperazine rings is 1. The molecule has 1 N–H and O–H groups in total. The molecular formula is C15H26N2O3. The highest BCUT2D eigenvalue weighted by Gasteiger charge is 2.55. The maximum atomic E-state index is 12.7. The lowest BCUT2D eigenvalue weighted by Crippen LogP contribution is -2.72. The number of methoxy groups -OCH3 is 1. The summed E-state index contributed by atoms with van der Waals surface area (Å²) in [6, 6.07) is -0.667. The Morgan fingerprint density at radius 1 is 1.40 bits per heavy atom. The number of carbonyl (C=O) groups is 2. The van der Waals surface area contributed by atoms with E-state index in [1.807, 2.05) is 13.8 Å². The average molecular weight is 282 g/mol. The van der Waals surface area contributed by atoms with Crippen LogP contribution in [0.2, 0.25) is 0 Å². The van der Waals surface area contributed by atoms with Crippen LogP contribution in [0.4, 0.5) is 0 Å². The number of hydrogen-bond acceptors (Lipinski definition) is 3. The smallest absolute Gasteiger partial charge is 0.246 e. The van der Waals surface area contributed by atoms with E-state index in [4.69, 9.17) is 4.74 Å². The van der Waals surface area contributed by atoms with Crippen molar-refractivity contribution in [3.05, 3.63) is 0 Å². The fourth-order valence-electron chi connectivity index (χ4n) is 3.50. The molecule has 0 radical (unpaired) electrons. The molecule has 4 atom stereocenters. The van der Waals surface area contributed by atoms with E-state index in [1.54, 1.807) is 12.0 Å². The quantitative estimate of drug-likeness (QED) is 0.846. The van der Waals surface area contributed by atoms with Crippen LogP contribution in [0.25, 0.3) is 0 Å². The van der Waals surface area contributed by atoms with Gasteiger partial charge in [0.2, 0.25) is 11.8 Å². The molecule has 1 heterocycles. The second-order valence-corrected chi connectivity index (χ2v) is 6.57. The summed E-state index contributed by atoms with van der Waals surface area (Å²) in [6.07, 6.45) is 2.55. The van der Waals surface area contributed by atoms with Gasteiger partial charge in [0, 0.05) is 18.6 Å². The van der Waals surface area contributed by atoms with Crippen molar-refractivity contribution in [1.29, 1.82) is 0 Å². The lowest BCUT2D eigenvalue weighted by Gasteiger charge is -2.57. The van der Waals surface area contributed by atoms with Crippen LogP contribution in [-0.2, 0) is 14.3 Å². The van der Waals surface area contributed by atoms with Crippen molar-refractivity contribution in [2.75, 3.05) is 7.11 Å². The van der Waals surface area contributed by atoms with Crippen LogP contribution in [0.5, 0.6) is 0 Å². The van der Waals surface area contributed by atoms with Crippen LogP contribution in [0.15, 0.2) is 0 Å². The van der Waals surface area contributed by atoms with Gasteiger partial charge < -0.3 is 15.0 Å². The lowest BCUT2D eigenvalue weighted by molar-refractivity contribution is -0.177. The number of ether oxygens (including phenoxy) is 1. The Kier molecular flexibility index (Phi) is 4.09. The van der Waals surface area contributed by atoms with Crippen molar-refractivity contribution in [2.45, 2.75) is 71.2 Å². The zero-order valence-electron chi connectivity index (χ0n) is 13.1. The van der Waals surface area contributed by atoms with E-state index in [1.165, 1.54) is 0 Å². The summed E-state index contributed by atoms with van der Waals surface area (Å²) in [4.78, 5) is 26.6. The molecule has 2 aliphatic rings. The molecule has 0 aromatic rings. The van der Waals surface area contributed by atoms with Crippen molar-refractivity contribution in [3.8, 4) is 0 Å². The largest absolute Gasteiger partial charge is 0.381 e. The Labute approximate surface area is 121 Å². The maximum absolute atomic E-state index is 12.7. The van der Waals surface area contributed by atoms with Crippen LogP contribution in [0, 0.1) is 5.41 Å². The molecule has 1 saturated heterocycles. The first kappa shape index (κ1) is 15.3. The molecule has 1 aliphatic heterocycles. The van der Waals surface area contributed by atoms with E-state index in [0.717, 1.165) is 12.8 Å². The number of hydrogen-bond donors (Lipinski definition) is 1. The average Bonchev–Trinajstić information content (AvgIpc) is 2.39. The minimum atomic E-state index is -0.391. The minimum Gasteiger partial charge on any atom is -0.381 e. The zero-order chi connectivity index (χ0) is 15.1. The highest BCUT2D eigenvalue weighted by Crippen LogP contribution is 2.46. The van der Waals surface area contributed by atoms with Crippen molar-refractivity contribution in [1.82, 2.24) is 10.2 Å². The van der Waals surface area contributed by atoms with Crippen LogP contribution >= 0.6 is 0 Å². The van der Waals surface area contributed by atoms with E-state index < -0.39 is 6.04 Å². The predicted octanol–water partition coefficient (Wildman–Crippen LogP) is 1.32. The van der Waals surface area contributed by atoms with Gasteiger partial charge in [-0.25, -0.2) is 0 Å². The lowest BCUT2D eigenvalue weighted by atomic mass is 9.63. The van der Waals surface area contributed by atoms with Gasteiger partial charge in [0.05, 0.1) is 6.10 Å². The molecule has 2 fully saturated rings. The van der Waals surface area contributed by atoms with Gasteiger partial charge >= 0.3 is 0 Å². The van der Waals surface area contributed by atoms with Crippen LogP contribution in [-0.4, -0.2) is 48.1 Å². The Morgan fingerprint density at radius 2 is 2.05 bits per heavy atom. The third-order valence-electron chi connectivity index (χ3n) is 4.99. The number of rotatable bonds is 4. The molecule has 5 heteroatoms. The van der Waals surface area contributed by atoms with Gasteiger partial charge in [-0.3, -0.25) is 9.59 Å². The highest BCUT2D eigenvalue weighted by molar-refractivity contribution is 5.97. The van der Waals surface area contributed by atoms with E-state index in [-0.39, 0.29) is 35.4 Å². The molecule has 2 amide bonds. The van der Waals surface area contributed by atoms with Gasteiger partial charge in [0.25, 0.3) is 0 Å². The molecule has 0 spiro atoms. The normalized spacial score (nSPS) is 36.5. The summed E-state index contributed by atoms with van der Waals surface area (Å²) in [6.45, 7) is 8.05. The third kappa shape index (κ3) is 2.22. The molecule has 0 aromatic carbocycles. The Balaban J connectivity index is 2.20. The molecule has 1 saturated carbocycles. The zero-order valence-corrected chi connectivity index (χ0v) is 13.1. The van der Waals surface area contributed by atoms with Gasteiger partial charge in [0.1, 0.15) is 12.1 Å². The summed E-state index contributed by atoms with van der Waals surface area (Å²) in [5, 5.41) is 2.84. The standard InChI is InChI=1S/C15H26N2O3/c1-6-7-10-14(19)17(9(2)13(18)16-10)11-8-12(20-5)15(11,3)4/h9-12H,6-8H2,1-5H3,(H,16,18). The molecule has 114 valence electrons. The van der Waals surface area contributed by atoms with Crippen LogP contribution in [0.3, 0.4) is 0 Å². The van der Waals surface area contributed by atoms with Gasteiger partial charge in [-0.1, -0.05) is 27.2 Å². The summed E-state index contributed by atoms with van der Waals surface area (Å²) in [5.41, 5.74) is -0.104. The van der Waals surface area contributed by atoms with E-state index in [2.05, 4.69) is 19.2 Å². The topological polar surface area (TPSA) is 58.6 Å².